The minimum atomic E-state index is -0.733. The first-order valence-corrected chi connectivity index (χ1v) is 5.51. The molecule has 1 aliphatic rings. The first-order chi connectivity index (χ1) is 7.49. The quantitative estimate of drug-likeness (QED) is 0.763. The van der Waals surface area contributed by atoms with Gasteiger partial charge in [0.15, 0.2) is 0 Å². The zero-order chi connectivity index (χ0) is 12.1. The van der Waals surface area contributed by atoms with Crippen LogP contribution in [0.1, 0.15) is 24.5 Å². The summed E-state index contributed by atoms with van der Waals surface area (Å²) in [7, 11) is 0. The number of carbonyl (C=O) groups is 1. The Morgan fingerprint density at radius 2 is 1.62 bits per heavy atom. The molecule has 0 saturated carbocycles. The number of hydrogen-bond donors (Lipinski definition) is 2. The number of carboxylic acid groups (broad SMARTS) is 1. The van der Waals surface area contributed by atoms with E-state index >= 15 is 0 Å². The Bertz CT molecular complexity index is 318. The molecule has 3 heteroatoms. The van der Waals surface area contributed by atoms with Crippen LogP contribution in [0, 0.1) is 13.8 Å². The van der Waals surface area contributed by atoms with Gasteiger partial charge in [-0.25, -0.2) is 0 Å². The molecule has 1 saturated heterocycles. The van der Waals surface area contributed by atoms with E-state index in [-0.39, 0.29) is 6.04 Å². The lowest BCUT2D eigenvalue weighted by atomic mass is 9.99. The molecular formula is C13H19NO2. The SMILES string of the molecule is CC1CC(C(=O)O)N1.Cc1ccc(C)cc1. The topological polar surface area (TPSA) is 49.3 Å². The number of nitrogens with one attached hydrogen (secondary N) is 1. The van der Waals surface area contributed by atoms with Crippen LogP contribution < -0.4 is 5.32 Å². The van der Waals surface area contributed by atoms with Gasteiger partial charge in [0.25, 0.3) is 0 Å². The van der Waals surface area contributed by atoms with Crippen molar-refractivity contribution in [3.63, 3.8) is 0 Å². The fourth-order valence-electron chi connectivity index (χ4n) is 1.48. The van der Waals surface area contributed by atoms with E-state index in [9.17, 15) is 4.79 Å². The van der Waals surface area contributed by atoms with E-state index in [1.165, 1.54) is 11.1 Å². The van der Waals surface area contributed by atoms with Crippen LogP contribution in [-0.4, -0.2) is 23.2 Å². The zero-order valence-corrected chi connectivity index (χ0v) is 10.0. The molecule has 3 nitrogen and oxygen atoms in total. The molecule has 1 fully saturated rings. The smallest absolute Gasteiger partial charge is 0.320 e. The Morgan fingerprint density at radius 1 is 1.25 bits per heavy atom. The monoisotopic (exact) mass is 221 g/mol. The summed E-state index contributed by atoms with van der Waals surface area (Å²) in [6.07, 6.45) is 0.773. The molecule has 0 radical (unpaired) electrons. The lowest BCUT2D eigenvalue weighted by Crippen LogP contribution is -2.54. The van der Waals surface area contributed by atoms with Crippen LogP contribution in [0.3, 0.4) is 0 Å². The molecule has 2 unspecified atom stereocenters. The van der Waals surface area contributed by atoms with Gasteiger partial charge in [-0.15, -0.1) is 0 Å². The predicted molar refractivity (Wildman–Crippen MR) is 64.6 cm³/mol. The number of rotatable bonds is 1. The maximum atomic E-state index is 10.1. The van der Waals surface area contributed by atoms with E-state index in [0.717, 1.165) is 6.42 Å². The second kappa shape index (κ2) is 5.66. The summed E-state index contributed by atoms with van der Waals surface area (Å²) >= 11 is 0. The zero-order valence-electron chi connectivity index (χ0n) is 10.0. The molecule has 2 atom stereocenters. The summed E-state index contributed by atoms with van der Waals surface area (Å²) in [6, 6.07) is 8.61. The van der Waals surface area contributed by atoms with Gasteiger partial charge in [-0.05, 0) is 27.2 Å². The van der Waals surface area contributed by atoms with Crippen molar-refractivity contribution in [3.8, 4) is 0 Å². The Labute approximate surface area is 96.5 Å². The van der Waals surface area contributed by atoms with Gasteiger partial charge in [-0.1, -0.05) is 35.4 Å². The number of aliphatic carboxylic acids is 1. The highest BCUT2D eigenvalue weighted by atomic mass is 16.4. The summed E-state index contributed by atoms with van der Waals surface area (Å²) in [5.74, 6) is -0.733. The first kappa shape index (κ1) is 12.7. The number of hydrogen-bond acceptors (Lipinski definition) is 2. The lowest BCUT2D eigenvalue weighted by molar-refractivity contribution is -0.142. The van der Waals surface area contributed by atoms with Gasteiger partial charge in [-0.3, -0.25) is 4.79 Å². The highest BCUT2D eigenvalue weighted by Gasteiger charge is 2.29. The van der Waals surface area contributed by atoms with Crippen molar-refractivity contribution in [3.05, 3.63) is 35.4 Å². The number of benzene rings is 1. The molecule has 1 aromatic carbocycles. The van der Waals surface area contributed by atoms with Crippen molar-refractivity contribution < 1.29 is 9.90 Å². The second-order valence-corrected chi connectivity index (χ2v) is 4.35. The minimum Gasteiger partial charge on any atom is -0.480 e. The number of carboxylic acids is 1. The van der Waals surface area contributed by atoms with E-state index in [2.05, 4.69) is 43.4 Å². The molecule has 0 aliphatic carbocycles. The highest BCUT2D eigenvalue weighted by molar-refractivity contribution is 5.74. The van der Waals surface area contributed by atoms with E-state index in [4.69, 9.17) is 5.11 Å². The van der Waals surface area contributed by atoms with Gasteiger partial charge >= 0.3 is 5.97 Å². The van der Waals surface area contributed by atoms with Gasteiger partial charge < -0.3 is 10.4 Å². The maximum Gasteiger partial charge on any atom is 0.320 e. The van der Waals surface area contributed by atoms with Gasteiger partial charge in [0.2, 0.25) is 0 Å². The van der Waals surface area contributed by atoms with Crippen molar-refractivity contribution in [2.45, 2.75) is 39.3 Å². The molecule has 88 valence electrons. The summed E-state index contributed by atoms with van der Waals surface area (Å²) in [4.78, 5) is 10.1. The third-order valence-corrected chi connectivity index (χ3v) is 2.59. The third kappa shape index (κ3) is 4.03. The summed E-state index contributed by atoms with van der Waals surface area (Å²) in [6.45, 7) is 6.16. The fourth-order valence-corrected chi connectivity index (χ4v) is 1.48. The van der Waals surface area contributed by atoms with Crippen LogP contribution in [0.25, 0.3) is 0 Å². The average molecular weight is 221 g/mol. The minimum absolute atomic E-state index is 0.273. The van der Waals surface area contributed by atoms with Gasteiger partial charge in [0, 0.05) is 6.04 Å². The van der Waals surface area contributed by atoms with Crippen LogP contribution in [0.4, 0.5) is 0 Å². The number of aryl methyl sites for hydroxylation is 2. The van der Waals surface area contributed by atoms with Crippen molar-refractivity contribution in [2.75, 3.05) is 0 Å². The molecular weight excluding hydrogens is 202 g/mol. The van der Waals surface area contributed by atoms with Crippen molar-refractivity contribution in [2.24, 2.45) is 0 Å². The van der Waals surface area contributed by atoms with Crippen LogP contribution in [0.2, 0.25) is 0 Å². The van der Waals surface area contributed by atoms with Crippen molar-refractivity contribution >= 4 is 5.97 Å². The van der Waals surface area contributed by atoms with Crippen LogP contribution >= 0.6 is 0 Å². The molecule has 2 N–H and O–H groups in total. The maximum absolute atomic E-state index is 10.1. The molecule has 16 heavy (non-hydrogen) atoms. The Kier molecular flexibility index (Phi) is 4.50. The molecule has 2 rings (SSSR count). The van der Waals surface area contributed by atoms with E-state index in [1.54, 1.807) is 0 Å². The van der Waals surface area contributed by atoms with Crippen LogP contribution in [0.5, 0.6) is 0 Å². The van der Waals surface area contributed by atoms with Crippen LogP contribution in [0.15, 0.2) is 24.3 Å². The van der Waals surface area contributed by atoms with Gasteiger partial charge in [-0.2, -0.15) is 0 Å². The molecule has 1 heterocycles. The Hall–Kier alpha value is -1.35. The summed E-state index contributed by atoms with van der Waals surface area (Å²) in [5.41, 5.74) is 2.66. The third-order valence-electron chi connectivity index (χ3n) is 2.59. The second-order valence-electron chi connectivity index (χ2n) is 4.35. The van der Waals surface area contributed by atoms with Gasteiger partial charge in [0.1, 0.15) is 6.04 Å². The Balaban J connectivity index is 0.000000160. The standard InChI is InChI=1S/C8H10.C5H9NO2/c1-7-3-5-8(2)6-4-7;1-3-2-4(6-3)5(7)8/h3-6H,1-2H3;3-4,6H,2H2,1H3,(H,7,8). The Morgan fingerprint density at radius 3 is 1.81 bits per heavy atom. The lowest BCUT2D eigenvalue weighted by Gasteiger charge is -2.30. The molecule has 0 bridgehead atoms. The van der Waals surface area contributed by atoms with Crippen LogP contribution in [-0.2, 0) is 4.79 Å². The average Bonchev–Trinajstić information content (AvgIpc) is 2.18. The summed E-state index contributed by atoms with van der Waals surface area (Å²) < 4.78 is 0. The van der Waals surface area contributed by atoms with E-state index < -0.39 is 5.97 Å². The molecule has 1 aromatic rings. The van der Waals surface area contributed by atoms with Crippen molar-refractivity contribution in [1.82, 2.24) is 5.32 Å². The van der Waals surface area contributed by atoms with Crippen molar-refractivity contribution in [1.29, 1.82) is 0 Å². The largest absolute Gasteiger partial charge is 0.480 e. The normalized spacial score (nSPS) is 22.7. The molecule has 0 aromatic heterocycles. The predicted octanol–water partition coefficient (Wildman–Crippen LogP) is 2.12. The van der Waals surface area contributed by atoms with E-state index in [0.29, 0.717) is 6.04 Å². The molecule has 1 aliphatic heterocycles. The molecule has 0 spiro atoms. The molecule has 0 amide bonds. The first-order valence-electron chi connectivity index (χ1n) is 5.51. The highest BCUT2D eigenvalue weighted by Crippen LogP contribution is 2.09. The van der Waals surface area contributed by atoms with Gasteiger partial charge in [0.05, 0.1) is 0 Å². The summed E-state index contributed by atoms with van der Waals surface area (Å²) in [5, 5.41) is 11.1. The fraction of sp³-hybridized carbons (Fsp3) is 0.462. The van der Waals surface area contributed by atoms with E-state index in [1.807, 2.05) is 6.92 Å².